The van der Waals surface area contributed by atoms with Crippen LogP contribution in [0.25, 0.3) is 0 Å². The molecule has 4 heteroatoms. The van der Waals surface area contributed by atoms with Crippen LogP contribution >= 0.6 is 0 Å². The Balaban J connectivity index is 3.17. The van der Waals surface area contributed by atoms with Crippen LogP contribution in [0.5, 0.6) is 5.75 Å². The van der Waals surface area contributed by atoms with Gasteiger partial charge in [0.1, 0.15) is 5.75 Å². The van der Waals surface area contributed by atoms with Gasteiger partial charge < -0.3 is 14.8 Å². The third-order valence-corrected chi connectivity index (χ3v) is 3.26. The van der Waals surface area contributed by atoms with Gasteiger partial charge in [0, 0.05) is 5.46 Å². The van der Waals surface area contributed by atoms with Crippen LogP contribution in [0.2, 0.25) is 0 Å². The van der Waals surface area contributed by atoms with Crippen molar-refractivity contribution >= 4 is 12.6 Å². The summed E-state index contributed by atoms with van der Waals surface area (Å²) in [5.41, 5.74) is 1.68. The second-order valence-electron chi connectivity index (χ2n) is 6.95. The van der Waals surface area contributed by atoms with Crippen molar-refractivity contribution < 1.29 is 14.8 Å². The predicted molar refractivity (Wildman–Crippen MR) is 79.9 cm³/mol. The Morgan fingerprint density at radius 2 is 1.68 bits per heavy atom. The van der Waals surface area contributed by atoms with Crippen molar-refractivity contribution in [1.82, 2.24) is 0 Å². The van der Waals surface area contributed by atoms with Crippen LogP contribution < -0.4 is 10.2 Å². The molecule has 0 saturated carbocycles. The molecular weight excluding hydrogens is 239 g/mol. The molecule has 0 atom stereocenters. The van der Waals surface area contributed by atoms with Crippen LogP contribution in [-0.4, -0.2) is 24.3 Å². The van der Waals surface area contributed by atoms with Gasteiger partial charge in [-0.3, -0.25) is 0 Å². The average molecular weight is 264 g/mol. The molecular formula is C15H25BO3. The zero-order valence-electron chi connectivity index (χ0n) is 12.8. The van der Waals surface area contributed by atoms with E-state index < -0.39 is 7.12 Å². The Hall–Kier alpha value is -0.995. The van der Waals surface area contributed by atoms with E-state index in [0.717, 1.165) is 12.0 Å². The maximum Gasteiger partial charge on any atom is 0.492 e. The van der Waals surface area contributed by atoms with Crippen LogP contribution in [0.4, 0.5) is 0 Å². The van der Waals surface area contributed by atoms with Crippen LogP contribution in [0.3, 0.4) is 0 Å². The smallest absolute Gasteiger partial charge is 0.492 e. The van der Waals surface area contributed by atoms with Gasteiger partial charge in [0.05, 0.1) is 7.11 Å². The number of hydrogen-bond donors (Lipinski definition) is 2. The quantitative estimate of drug-likeness (QED) is 0.819. The largest absolute Gasteiger partial charge is 0.497 e. The monoisotopic (exact) mass is 264 g/mol. The van der Waals surface area contributed by atoms with Gasteiger partial charge in [-0.25, -0.2) is 0 Å². The van der Waals surface area contributed by atoms with E-state index in [4.69, 9.17) is 4.74 Å². The van der Waals surface area contributed by atoms with Gasteiger partial charge in [-0.1, -0.05) is 46.8 Å². The molecule has 0 aliphatic carbocycles. The molecule has 1 aromatic carbocycles. The summed E-state index contributed by atoms with van der Waals surface area (Å²) in [6.45, 7) is 11.0. The summed E-state index contributed by atoms with van der Waals surface area (Å²) in [5, 5.41) is 18.9. The number of methoxy groups -OCH3 is 1. The summed E-state index contributed by atoms with van der Waals surface area (Å²) in [5.74, 6) is 0.505. The van der Waals surface area contributed by atoms with Crippen LogP contribution in [0, 0.1) is 5.41 Å². The summed E-state index contributed by atoms with van der Waals surface area (Å²) in [6, 6.07) is 5.63. The maximum atomic E-state index is 9.43. The molecule has 0 aliphatic heterocycles. The van der Waals surface area contributed by atoms with Crippen molar-refractivity contribution in [1.29, 1.82) is 0 Å². The van der Waals surface area contributed by atoms with E-state index in [1.54, 1.807) is 6.07 Å². The average Bonchev–Trinajstić information content (AvgIpc) is 2.24. The molecule has 1 aromatic rings. The molecule has 0 aromatic heterocycles. The van der Waals surface area contributed by atoms with E-state index in [1.807, 2.05) is 12.1 Å². The first kappa shape index (κ1) is 16.1. The molecule has 19 heavy (non-hydrogen) atoms. The Morgan fingerprint density at radius 3 is 2.11 bits per heavy atom. The van der Waals surface area contributed by atoms with Crippen molar-refractivity contribution in [2.75, 3.05) is 7.11 Å². The van der Waals surface area contributed by atoms with Gasteiger partial charge >= 0.3 is 7.12 Å². The Labute approximate surface area is 116 Å². The highest BCUT2D eigenvalue weighted by molar-refractivity contribution is 6.59. The summed E-state index contributed by atoms with van der Waals surface area (Å²) < 4.78 is 5.16. The van der Waals surface area contributed by atoms with Gasteiger partial charge in [0.25, 0.3) is 0 Å². The number of hydrogen-bond acceptors (Lipinski definition) is 3. The molecule has 0 fully saturated rings. The fraction of sp³-hybridized carbons (Fsp3) is 0.600. The number of ether oxygens (including phenoxy) is 1. The van der Waals surface area contributed by atoms with Gasteiger partial charge in [0.15, 0.2) is 0 Å². The molecule has 0 saturated heterocycles. The third kappa shape index (κ3) is 4.25. The zero-order chi connectivity index (χ0) is 14.8. The zero-order valence-corrected chi connectivity index (χ0v) is 12.8. The molecule has 2 N–H and O–H groups in total. The minimum atomic E-state index is -1.51. The first-order valence-electron chi connectivity index (χ1n) is 6.61. The molecule has 0 spiro atoms. The fourth-order valence-corrected chi connectivity index (χ4v) is 2.78. The summed E-state index contributed by atoms with van der Waals surface area (Å²) in [6.07, 6.45) is 1.01. The van der Waals surface area contributed by atoms with Crippen LogP contribution in [-0.2, 0) is 5.41 Å². The highest BCUT2D eigenvalue weighted by Crippen LogP contribution is 2.36. The molecule has 0 aliphatic rings. The molecule has 0 bridgehead atoms. The molecule has 106 valence electrons. The Morgan fingerprint density at radius 1 is 1.11 bits per heavy atom. The lowest BCUT2D eigenvalue weighted by molar-refractivity contribution is 0.284. The molecule has 0 unspecified atom stereocenters. The Kier molecular flexibility index (Phi) is 4.69. The first-order valence-corrected chi connectivity index (χ1v) is 6.61. The van der Waals surface area contributed by atoms with Crippen molar-refractivity contribution in [2.45, 2.75) is 46.5 Å². The van der Waals surface area contributed by atoms with Gasteiger partial charge in [-0.05, 0) is 28.9 Å². The predicted octanol–water partition coefficient (Wildman–Crippen LogP) is 2.09. The van der Waals surface area contributed by atoms with Crippen molar-refractivity contribution in [3.63, 3.8) is 0 Å². The number of rotatable bonds is 4. The lowest BCUT2D eigenvalue weighted by Crippen LogP contribution is -2.33. The first-order chi connectivity index (χ1) is 8.57. The van der Waals surface area contributed by atoms with Crippen LogP contribution in [0.1, 0.15) is 46.6 Å². The molecule has 1 rings (SSSR count). The fourth-order valence-electron chi connectivity index (χ4n) is 2.78. The minimum Gasteiger partial charge on any atom is -0.497 e. The minimum absolute atomic E-state index is 0.0336. The van der Waals surface area contributed by atoms with Crippen LogP contribution in [0.15, 0.2) is 18.2 Å². The second-order valence-corrected chi connectivity index (χ2v) is 6.95. The van der Waals surface area contributed by atoms with E-state index in [2.05, 4.69) is 34.6 Å². The lowest BCUT2D eigenvalue weighted by Gasteiger charge is -2.33. The van der Waals surface area contributed by atoms with Crippen molar-refractivity contribution in [3.8, 4) is 5.75 Å². The van der Waals surface area contributed by atoms with Crippen molar-refractivity contribution in [2.24, 2.45) is 5.41 Å². The van der Waals surface area contributed by atoms with E-state index in [1.165, 1.54) is 7.11 Å². The van der Waals surface area contributed by atoms with Gasteiger partial charge in [-0.2, -0.15) is 0 Å². The van der Waals surface area contributed by atoms with E-state index >= 15 is 0 Å². The molecule has 0 radical (unpaired) electrons. The maximum absolute atomic E-state index is 9.43. The molecule has 0 heterocycles. The SMILES string of the molecule is COc1ccc(C(C)(C)CC(C)(C)C)cc1B(O)O. The number of benzene rings is 1. The standard InChI is InChI=1S/C15H25BO3/c1-14(2,3)10-15(4,5)11-7-8-13(19-6)12(9-11)16(17)18/h7-9,17-18H,10H2,1-6H3. The highest BCUT2D eigenvalue weighted by Gasteiger charge is 2.29. The summed E-state index contributed by atoms with van der Waals surface area (Å²) in [4.78, 5) is 0. The van der Waals surface area contributed by atoms with E-state index in [-0.39, 0.29) is 10.8 Å². The second kappa shape index (κ2) is 5.55. The van der Waals surface area contributed by atoms with Gasteiger partial charge in [0.2, 0.25) is 0 Å². The summed E-state index contributed by atoms with van der Waals surface area (Å²) >= 11 is 0. The topological polar surface area (TPSA) is 49.7 Å². The third-order valence-electron chi connectivity index (χ3n) is 3.26. The van der Waals surface area contributed by atoms with E-state index in [9.17, 15) is 10.0 Å². The lowest BCUT2D eigenvalue weighted by atomic mass is 9.70. The molecule has 0 amide bonds. The summed E-state index contributed by atoms with van der Waals surface area (Å²) in [7, 11) is 0.0154. The normalized spacial score (nSPS) is 12.4. The highest BCUT2D eigenvalue weighted by atomic mass is 16.5. The van der Waals surface area contributed by atoms with E-state index in [0.29, 0.717) is 11.2 Å². The van der Waals surface area contributed by atoms with Gasteiger partial charge in [-0.15, -0.1) is 0 Å². The Bertz CT molecular complexity index is 434. The molecule has 3 nitrogen and oxygen atoms in total. The van der Waals surface area contributed by atoms with Crippen molar-refractivity contribution in [3.05, 3.63) is 23.8 Å².